The van der Waals surface area contributed by atoms with Crippen molar-refractivity contribution in [3.8, 4) is 5.75 Å². The summed E-state index contributed by atoms with van der Waals surface area (Å²) >= 11 is 0. The molecule has 2 aromatic rings. The number of benzene rings is 1. The fourth-order valence-electron chi connectivity index (χ4n) is 3.27. The van der Waals surface area contributed by atoms with Crippen LogP contribution in [-0.4, -0.2) is 39.4 Å². The molecule has 1 aromatic carbocycles. The molecule has 0 amide bonds. The van der Waals surface area contributed by atoms with Crippen molar-refractivity contribution in [3.05, 3.63) is 41.0 Å². The third-order valence-electron chi connectivity index (χ3n) is 4.46. The number of nitrogens with zero attached hydrogens (tertiary/aromatic N) is 4. The van der Waals surface area contributed by atoms with Crippen LogP contribution in [0.15, 0.2) is 18.2 Å². The van der Waals surface area contributed by atoms with Crippen LogP contribution < -0.4 is 4.74 Å². The molecule has 0 saturated heterocycles. The summed E-state index contributed by atoms with van der Waals surface area (Å²) in [5, 5.41) is 8.44. The molecule has 5 heteroatoms. The van der Waals surface area contributed by atoms with E-state index in [9.17, 15) is 0 Å². The van der Waals surface area contributed by atoms with Gasteiger partial charge in [0.25, 0.3) is 0 Å². The van der Waals surface area contributed by atoms with Crippen molar-refractivity contribution < 1.29 is 4.74 Å². The second-order valence-corrected chi connectivity index (χ2v) is 5.88. The lowest BCUT2D eigenvalue weighted by Crippen LogP contribution is -2.26. The SMILES string of the molecule is Cc1nnc2n1CCN(Cc1ccc3c(c1)CCO3)CC2. The molecule has 0 aliphatic carbocycles. The van der Waals surface area contributed by atoms with E-state index < -0.39 is 0 Å². The minimum atomic E-state index is 0.829. The minimum Gasteiger partial charge on any atom is -0.493 e. The van der Waals surface area contributed by atoms with Gasteiger partial charge >= 0.3 is 0 Å². The number of hydrogen-bond acceptors (Lipinski definition) is 4. The first-order valence-electron chi connectivity index (χ1n) is 7.65. The topological polar surface area (TPSA) is 43.2 Å². The van der Waals surface area contributed by atoms with E-state index in [1.54, 1.807) is 0 Å². The molecule has 3 heterocycles. The quantitative estimate of drug-likeness (QED) is 0.840. The summed E-state index contributed by atoms with van der Waals surface area (Å²) in [6.45, 7) is 6.96. The summed E-state index contributed by atoms with van der Waals surface area (Å²) in [7, 11) is 0. The van der Waals surface area contributed by atoms with Crippen LogP contribution in [0.25, 0.3) is 0 Å². The fourth-order valence-corrected chi connectivity index (χ4v) is 3.27. The molecule has 0 saturated carbocycles. The zero-order chi connectivity index (χ0) is 14.2. The number of ether oxygens (including phenoxy) is 1. The highest BCUT2D eigenvalue weighted by Crippen LogP contribution is 2.26. The van der Waals surface area contributed by atoms with E-state index in [1.165, 1.54) is 11.1 Å². The van der Waals surface area contributed by atoms with Gasteiger partial charge in [-0.25, -0.2) is 0 Å². The highest BCUT2D eigenvalue weighted by Gasteiger charge is 2.18. The van der Waals surface area contributed by atoms with Gasteiger partial charge in [-0.05, 0) is 24.1 Å². The minimum absolute atomic E-state index is 0.829. The van der Waals surface area contributed by atoms with Gasteiger partial charge in [0.2, 0.25) is 0 Å². The average Bonchev–Trinajstić information content (AvgIpc) is 3.03. The Morgan fingerprint density at radius 2 is 2.10 bits per heavy atom. The number of aromatic nitrogens is 3. The first-order valence-corrected chi connectivity index (χ1v) is 7.65. The molecule has 0 atom stereocenters. The third-order valence-corrected chi connectivity index (χ3v) is 4.46. The molecule has 0 unspecified atom stereocenters. The summed E-state index contributed by atoms with van der Waals surface area (Å²) < 4.78 is 7.82. The lowest BCUT2D eigenvalue weighted by atomic mass is 10.1. The number of hydrogen-bond donors (Lipinski definition) is 0. The predicted octanol–water partition coefficient (Wildman–Crippen LogP) is 1.58. The highest BCUT2D eigenvalue weighted by atomic mass is 16.5. The summed E-state index contributed by atoms with van der Waals surface area (Å²) in [4.78, 5) is 2.51. The average molecular weight is 284 g/mol. The van der Waals surface area contributed by atoms with E-state index in [2.05, 4.69) is 37.9 Å². The Balaban J connectivity index is 1.46. The smallest absolute Gasteiger partial charge is 0.134 e. The van der Waals surface area contributed by atoms with Gasteiger partial charge in [0.05, 0.1) is 6.61 Å². The van der Waals surface area contributed by atoms with Gasteiger partial charge < -0.3 is 9.30 Å². The van der Waals surface area contributed by atoms with E-state index in [4.69, 9.17) is 4.74 Å². The van der Waals surface area contributed by atoms with Gasteiger partial charge in [0, 0.05) is 39.0 Å². The summed E-state index contributed by atoms with van der Waals surface area (Å²) in [6, 6.07) is 6.62. The van der Waals surface area contributed by atoms with Crippen molar-refractivity contribution in [1.29, 1.82) is 0 Å². The number of rotatable bonds is 2. The molecule has 4 rings (SSSR count). The Morgan fingerprint density at radius 1 is 1.14 bits per heavy atom. The maximum Gasteiger partial charge on any atom is 0.134 e. The van der Waals surface area contributed by atoms with Crippen LogP contribution in [0.4, 0.5) is 0 Å². The lowest BCUT2D eigenvalue weighted by Gasteiger charge is -2.20. The molecular formula is C16H20N4O. The first kappa shape index (κ1) is 12.8. The Kier molecular flexibility index (Phi) is 3.15. The molecular weight excluding hydrogens is 264 g/mol. The Labute approximate surface area is 124 Å². The van der Waals surface area contributed by atoms with Gasteiger partial charge in [0.15, 0.2) is 0 Å². The van der Waals surface area contributed by atoms with E-state index in [0.717, 1.165) is 63.0 Å². The summed E-state index contributed by atoms with van der Waals surface area (Å²) in [6.07, 6.45) is 2.03. The van der Waals surface area contributed by atoms with E-state index in [0.29, 0.717) is 0 Å². The van der Waals surface area contributed by atoms with Gasteiger partial charge in [-0.3, -0.25) is 4.90 Å². The molecule has 1 aromatic heterocycles. The molecule has 0 spiro atoms. The second-order valence-electron chi connectivity index (χ2n) is 5.88. The van der Waals surface area contributed by atoms with E-state index >= 15 is 0 Å². The molecule has 0 fully saturated rings. The van der Waals surface area contributed by atoms with Crippen LogP contribution in [0.5, 0.6) is 5.75 Å². The monoisotopic (exact) mass is 284 g/mol. The molecule has 2 aliphatic rings. The van der Waals surface area contributed by atoms with Crippen molar-refractivity contribution in [2.45, 2.75) is 32.9 Å². The van der Waals surface area contributed by atoms with Crippen molar-refractivity contribution in [2.75, 3.05) is 19.7 Å². The largest absolute Gasteiger partial charge is 0.493 e. The van der Waals surface area contributed by atoms with Gasteiger partial charge in [-0.1, -0.05) is 12.1 Å². The predicted molar refractivity (Wildman–Crippen MR) is 79.4 cm³/mol. The van der Waals surface area contributed by atoms with Crippen LogP contribution in [0, 0.1) is 6.92 Å². The second kappa shape index (κ2) is 5.15. The van der Waals surface area contributed by atoms with Crippen LogP contribution in [0.2, 0.25) is 0 Å². The molecule has 0 N–H and O–H groups in total. The maximum atomic E-state index is 5.58. The normalized spacial score (nSPS) is 18.0. The van der Waals surface area contributed by atoms with Gasteiger partial charge in [-0.15, -0.1) is 10.2 Å². The summed E-state index contributed by atoms with van der Waals surface area (Å²) in [5.74, 6) is 3.22. The van der Waals surface area contributed by atoms with Gasteiger partial charge in [0.1, 0.15) is 17.4 Å². The zero-order valence-corrected chi connectivity index (χ0v) is 12.4. The van der Waals surface area contributed by atoms with E-state index in [1.807, 2.05) is 6.92 Å². The maximum absolute atomic E-state index is 5.58. The van der Waals surface area contributed by atoms with Crippen LogP contribution >= 0.6 is 0 Å². The van der Waals surface area contributed by atoms with E-state index in [-0.39, 0.29) is 0 Å². The van der Waals surface area contributed by atoms with Gasteiger partial charge in [-0.2, -0.15) is 0 Å². The van der Waals surface area contributed by atoms with Crippen molar-refractivity contribution in [1.82, 2.24) is 19.7 Å². The standard InChI is InChI=1S/C16H20N4O/c1-12-17-18-16-4-6-19(7-8-20(12)16)11-13-2-3-15-14(10-13)5-9-21-15/h2-3,10H,4-9,11H2,1H3. The van der Waals surface area contributed by atoms with Crippen molar-refractivity contribution in [3.63, 3.8) is 0 Å². The van der Waals surface area contributed by atoms with Crippen LogP contribution in [0.1, 0.15) is 22.8 Å². The first-order chi connectivity index (χ1) is 10.3. The Hall–Kier alpha value is -1.88. The molecule has 2 aliphatic heterocycles. The van der Waals surface area contributed by atoms with Crippen molar-refractivity contribution >= 4 is 0 Å². The lowest BCUT2D eigenvalue weighted by molar-refractivity contribution is 0.270. The molecule has 21 heavy (non-hydrogen) atoms. The fraction of sp³-hybridized carbons (Fsp3) is 0.500. The van der Waals surface area contributed by atoms with Crippen LogP contribution in [0.3, 0.4) is 0 Å². The van der Waals surface area contributed by atoms with Crippen molar-refractivity contribution in [2.24, 2.45) is 0 Å². The Morgan fingerprint density at radius 3 is 3.05 bits per heavy atom. The molecule has 0 radical (unpaired) electrons. The zero-order valence-electron chi connectivity index (χ0n) is 12.4. The molecule has 0 bridgehead atoms. The molecule has 5 nitrogen and oxygen atoms in total. The highest BCUT2D eigenvalue weighted by molar-refractivity contribution is 5.39. The Bertz CT molecular complexity index is 664. The molecule has 110 valence electrons. The third kappa shape index (κ3) is 2.42. The summed E-state index contributed by atoms with van der Waals surface area (Å²) in [5.41, 5.74) is 2.74. The number of aryl methyl sites for hydroxylation is 1. The number of fused-ring (bicyclic) bond motifs is 2. The van der Waals surface area contributed by atoms with Crippen LogP contribution in [-0.2, 0) is 25.9 Å².